The second-order valence-corrected chi connectivity index (χ2v) is 6.91. The minimum atomic E-state index is 1.04. The Morgan fingerprint density at radius 3 is 1.42 bits per heavy atom. The molecule has 4 nitrogen and oxygen atoms in total. The van der Waals surface area contributed by atoms with Gasteiger partial charge >= 0.3 is 0 Å². The highest BCUT2D eigenvalue weighted by Gasteiger charge is 2.19. The van der Waals surface area contributed by atoms with E-state index in [9.17, 15) is 0 Å². The molecule has 0 unspecified atom stereocenters. The highest BCUT2D eigenvalue weighted by molar-refractivity contribution is 6.10. The maximum absolute atomic E-state index is 4.70. The smallest absolute Gasteiger partial charge is 0.0986 e. The molecule has 0 radical (unpaired) electrons. The van der Waals surface area contributed by atoms with Gasteiger partial charge in [-0.2, -0.15) is 0 Å². The summed E-state index contributed by atoms with van der Waals surface area (Å²) < 4.78 is 0. The summed E-state index contributed by atoms with van der Waals surface area (Å²) in [5.41, 5.74) is 4.71. The average molecular weight is 318 g/mol. The molecule has 0 saturated carbocycles. The van der Waals surface area contributed by atoms with Crippen LogP contribution in [0.3, 0.4) is 0 Å². The fourth-order valence-electron chi connectivity index (χ4n) is 4.27. The average Bonchev–Trinajstić information content (AvgIpc) is 3.34. The second kappa shape index (κ2) is 5.62. The van der Waals surface area contributed by atoms with Gasteiger partial charge in [0.25, 0.3) is 0 Å². The first-order valence-corrected chi connectivity index (χ1v) is 9.08. The van der Waals surface area contributed by atoms with Gasteiger partial charge in [0.05, 0.1) is 11.0 Å². The van der Waals surface area contributed by atoms with Crippen LogP contribution in [0.1, 0.15) is 25.7 Å². The summed E-state index contributed by atoms with van der Waals surface area (Å²) in [5, 5.41) is 2.47. The molecular formula is C20H22N4. The first-order chi connectivity index (χ1) is 11.9. The number of benzene rings is 1. The zero-order valence-electron chi connectivity index (χ0n) is 13.9. The third kappa shape index (κ3) is 2.13. The van der Waals surface area contributed by atoms with Crippen molar-refractivity contribution in [1.82, 2.24) is 9.97 Å². The van der Waals surface area contributed by atoms with Crippen molar-refractivity contribution in [2.24, 2.45) is 0 Å². The van der Waals surface area contributed by atoms with Crippen molar-refractivity contribution < 1.29 is 0 Å². The lowest BCUT2D eigenvalue weighted by Crippen LogP contribution is -2.18. The van der Waals surface area contributed by atoms with Crippen molar-refractivity contribution in [1.29, 1.82) is 0 Å². The molecule has 122 valence electrons. The van der Waals surface area contributed by atoms with Crippen LogP contribution < -0.4 is 9.80 Å². The van der Waals surface area contributed by atoms with Gasteiger partial charge in [-0.1, -0.05) is 0 Å². The number of anilines is 2. The minimum absolute atomic E-state index is 1.04. The van der Waals surface area contributed by atoms with E-state index in [0.29, 0.717) is 0 Å². The summed E-state index contributed by atoms with van der Waals surface area (Å²) in [6, 6.07) is 8.81. The lowest BCUT2D eigenvalue weighted by atomic mass is 10.1. The van der Waals surface area contributed by atoms with Crippen LogP contribution in [0, 0.1) is 0 Å². The number of nitrogens with zero attached hydrogens (tertiary/aromatic N) is 4. The van der Waals surface area contributed by atoms with Gasteiger partial charge < -0.3 is 9.80 Å². The topological polar surface area (TPSA) is 32.3 Å². The Morgan fingerprint density at radius 2 is 1.00 bits per heavy atom. The fraction of sp³-hybridized carbons (Fsp3) is 0.400. The molecule has 3 aromatic rings. The van der Waals surface area contributed by atoms with Crippen LogP contribution in [0.4, 0.5) is 11.4 Å². The molecule has 2 saturated heterocycles. The van der Waals surface area contributed by atoms with Gasteiger partial charge in [0, 0.05) is 60.7 Å². The maximum Gasteiger partial charge on any atom is 0.0986 e. The van der Waals surface area contributed by atoms with E-state index in [0.717, 1.165) is 37.2 Å². The summed E-state index contributed by atoms with van der Waals surface area (Å²) in [6.07, 6.45) is 9.03. The number of rotatable bonds is 2. The van der Waals surface area contributed by atoms with Crippen molar-refractivity contribution in [3.63, 3.8) is 0 Å². The molecule has 0 amide bonds. The molecule has 2 aromatic heterocycles. The second-order valence-electron chi connectivity index (χ2n) is 6.91. The van der Waals surface area contributed by atoms with E-state index in [-0.39, 0.29) is 0 Å². The van der Waals surface area contributed by atoms with Crippen LogP contribution in [-0.4, -0.2) is 36.1 Å². The third-order valence-corrected chi connectivity index (χ3v) is 5.47. The Balaban J connectivity index is 1.73. The van der Waals surface area contributed by atoms with Crippen LogP contribution in [0.2, 0.25) is 0 Å². The maximum atomic E-state index is 4.70. The molecule has 2 aliphatic heterocycles. The molecule has 2 aliphatic rings. The fourth-order valence-corrected chi connectivity index (χ4v) is 4.27. The van der Waals surface area contributed by atoms with Crippen molar-refractivity contribution >= 4 is 33.2 Å². The van der Waals surface area contributed by atoms with Gasteiger partial charge in [0.2, 0.25) is 0 Å². The van der Waals surface area contributed by atoms with Crippen LogP contribution in [0.25, 0.3) is 21.8 Å². The third-order valence-electron chi connectivity index (χ3n) is 5.47. The van der Waals surface area contributed by atoms with Crippen molar-refractivity contribution in [2.75, 3.05) is 36.0 Å². The van der Waals surface area contributed by atoms with E-state index in [1.807, 2.05) is 12.4 Å². The highest BCUT2D eigenvalue weighted by Crippen LogP contribution is 2.35. The molecule has 1 aromatic carbocycles. The summed E-state index contributed by atoms with van der Waals surface area (Å²) in [5.74, 6) is 0. The molecule has 4 heterocycles. The molecule has 24 heavy (non-hydrogen) atoms. The van der Waals surface area contributed by atoms with Gasteiger partial charge in [-0.15, -0.1) is 0 Å². The van der Waals surface area contributed by atoms with E-state index < -0.39 is 0 Å². The molecule has 0 spiro atoms. The van der Waals surface area contributed by atoms with Crippen LogP contribution >= 0.6 is 0 Å². The summed E-state index contributed by atoms with van der Waals surface area (Å²) in [7, 11) is 0. The minimum Gasteiger partial charge on any atom is -0.371 e. The molecule has 2 fully saturated rings. The SMILES string of the molecule is c1cc(N2CCCC2)c2ccc3c(N4CCCC4)ccnc3c2n1. The van der Waals surface area contributed by atoms with Gasteiger partial charge in [-0.05, 0) is 49.9 Å². The predicted molar refractivity (Wildman–Crippen MR) is 99.9 cm³/mol. The van der Waals surface area contributed by atoms with Crippen LogP contribution in [-0.2, 0) is 0 Å². The largest absolute Gasteiger partial charge is 0.371 e. The molecular weight excluding hydrogens is 296 g/mol. The Bertz CT molecular complexity index is 818. The summed E-state index contributed by atoms with van der Waals surface area (Å²) in [4.78, 5) is 14.4. The lowest BCUT2D eigenvalue weighted by molar-refractivity contribution is 0.949. The Hall–Kier alpha value is -2.36. The lowest BCUT2D eigenvalue weighted by Gasteiger charge is -2.22. The van der Waals surface area contributed by atoms with Gasteiger partial charge in [0.15, 0.2) is 0 Å². The molecule has 0 aliphatic carbocycles. The number of hydrogen-bond acceptors (Lipinski definition) is 4. The molecule has 0 N–H and O–H groups in total. The molecule has 5 rings (SSSR count). The van der Waals surface area contributed by atoms with Crippen molar-refractivity contribution in [3.05, 3.63) is 36.7 Å². The van der Waals surface area contributed by atoms with Crippen molar-refractivity contribution in [3.8, 4) is 0 Å². The zero-order valence-corrected chi connectivity index (χ0v) is 13.9. The molecule has 0 atom stereocenters. The standard InChI is InChI=1S/C20H22N4/c1-2-12-23(11-1)17-7-9-21-19-15(17)5-6-16-18(8-10-22-20(16)19)24-13-3-4-14-24/h5-10H,1-4,11-14H2. The Morgan fingerprint density at radius 1 is 0.583 bits per heavy atom. The van der Waals surface area contributed by atoms with E-state index in [1.54, 1.807) is 0 Å². The van der Waals surface area contributed by atoms with Crippen LogP contribution in [0.15, 0.2) is 36.7 Å². The van der Waals surface area contributed by atoms with Gasteiger partial charge in [-0.25, -0.2) is 0 Å². The first-order valence-electron chi connectivity index (χ1n) is 9.08. The predicted octanol–water partition coefficient (Wildman–Crippen LogP) is 3.98. The van der Waals surface area contributed by atoms with E-state index in [4.69, 9.17) is 9.97 Å². The zero-order chi connectivity index (χ0) is 15.9. The Kier molecular flexibility index (Phi) is 3.28. The van der Waals surface area contributed by atoms with Gasteiger partial charge in [0.1, 0.15) is 0 Å². The number of pyridine rings is 2. The number of aromatic nitrogens is 2. The van der Waals surface area contributed by atoms with E-state index in [1.165, 1.54) is 47.8 Å². The first kappa shape index (κ1) is 14.0. The normalized spacial score (nSPS) is 18.2. The van der Waals surface area contributed by atoms with Gasteiger partial charge in [-0.3, -0.25) is 9.97 Å². The monoisotopic (exact) mass is 318 g/mol. The quantitative estimate of drug-likeness (QED) is 0.669. The molecule has 0 bridgehead atoms. The van der Waals surface area contributed by atoms with E-state index >= 15 is 0 Å². The number of fused-ring (bicyclic) bond motifs is 3. The van der Waals surface area contributed by atoms with E-state index in [2.05, 4.69) is 34.1 Å². The Labute approximate surface area is 142 Å². The van der Waals surface area contributed by atoms with Crippen molar-refractivity contribution in [2.45, 2.75) is 25.7 Å². The summed E-state index contributed by atoms with van der Waals surface area (Å²) in [6.45, 7) is 4.60. The molecule has 4 heteroatoms. The number of hydrogen-bond donors (Lipinski definition) is 0. The summed E-state index contributed by atoms with van der Waals surface area (Å²) >= 11 is 0. The highest BCUT2D eigenvalue weighted by atomic mass is 15.2. The van der Waals surface area contributed by atoms with Crippen LogP contribution in [0.5, 0.6) is 0 Å².